The molecule has 2 heterocycles. The molecule has 1 amide bonds. The summed E-state index contributed by atoms with van der Waals surface area (Å²) < 4.78 is 12.4. The first-order chi connectivity index (χ1) is 16.0. The number of thioether (sulfide) groups is 1. The zero-order valence-electron chi connectivity index (χ0n) is 19.3. The number of anilines is 1. The highest BCUT2D eigenvalue weighted by atomic mass is 32.2. The largest absolute Gasteiger partial charge is 0.493 e. The van der Waals surface area contributed by atoms with E-state index in [2.05, 4.69) is 24.0 Å². The standard InChI is InChI=1S/C25H28N4O3S/c1-5-21(30)29-19-13-9-7-11-17(19)22-23(26-25(28-27-22)33-15-16(3)4)32-24(29)18-12-8-10-14-20(18)31-6-2/h7-14,16,24H,5-6,15H2,1-4H3/t24-/m1/s1. The Kier molecular flexibility index (Phi) is 7.13. The number of benzene rings is 2. The first-order valence-electron chi connectivity index (χ1n) is 11.2. The van der Waals surface area contributed by atoms with Crippen LogP contribution in [0.2, 0.25) is 0 Å². The summed E-state index contributed by atoms with van der Waals surface area (Å²) in [5.74, 6) is 2.30. The van der Waals surface area contributed by atoms with Gasteiger partial charge in [0.15, 0.2) is 5.69 Å². The predicted octanol–water partition coefficient (Wildman–Crippen LogP) is 5.52. The molecule has 0 saturated carbocycles. The molecule has 1 aliphatic rings. The van der Waals surface area contributed by atoms with Crippen LogP contribution in [0, 0.1) is 5.92 Å². The molecule has 0 bridgehead atoms. The predicted molar refractivity (Wildman–Crippen MR) is 130 cm³/mol. The van der Waals surface area contributed by atoms with Gasteiger partial charge in [0, 0.05) is 17.7 Å². The van der Waals surface area contributed by atoms with Gasteiger partial charge in [-0.1, -0.05) is 62.9 Å². The van der Waals surface area contributed by atoms with E-state index in [1.807, 2.05) is 62.4 Å². The van der Waals surface area contributed by atoms with E-state index in [1.54, 1.807) is 4.90 Å². The Balaban J connectivity index is 1.90. The minimum absolute atomic E-state index is 0.0751. The van der Waals surface area contributed by atoms with Gasteiger partial charge in [-0.15, -0.1) is 10.2 Å². The maximum absolute atomic E-state index is 13.3. The van der Waals surface area contributed by atoms with Crippen LogP contribution in [0.1, 0.15) is 45.9 Å². The molecule has 0 radical (unpaired) electrons. The van der Waals surface area contributed by atoms with Crippen molar-refractivity contribution in [2.75, 3.05) is 17.3 Å². The van der Waals surface area contributed by atoms with Crippen molar-refractivity contribution in [3.05, 3.63) is 54.1 Å². The molecule has 0 fully saturated rings. The molecular formula is C25H28N4O3S. The van der Waals surface area contributed by atoms with Crippen molar-refractivity contribution in [3.63, 3.8) is 0 Å². The number of ether oxygens (including phenoxy) is 2. The summed E-state index contributed by atoms with van der Waals surface area (Å²) in [6, 6.07) is 15.3. The molecule has 0 aliphatic carbocycles. The molecular weight excluding hydrogens is 436 g/mol. The van der Waals surface area contributed by atoms with Crippen LogP contribution in [-0.4, -0.2) is 33.4 Å². The van der Waals surface area contributed by atoms with Crippen molar-refractivity contribution < 1.29 is 14.3 Å². The average Bonchev–Trinajstić information content (AvgIpc) is 2.97. The molecule has 3 aromatic rings. The number of rotatable bonds is 7. The normalized spacial score (nSPS) is 14.8. The Hall–Kier alpha value is -3.13. The van der Waals surface area contributed by atoms with E-state index in [4.69, 9.17) is 14.5 Å². The van der Waals surface area contributed by atoms with E-state index in [9.17, 15) is 4.79 Å². The first kappa shape index (κ1) is 23.0. The minimum atomic E-state index is -0.762. The van der Waals surface area contributed by atoms with E-state index < -0.39 is 6.23 Å². The van der Waals surface area contributed by atoms with Gasteiger partial charge in [0.2, 0.25) is 23.2 Å². The number of hydrogen-bond acceptors (Lipinski definition) is 7. The molecule has 33 heavy (non-hydrogen) atoms. The third-order valence-corrected chi connectivity index (χ3v) is 6.38. The van der Waals surface area contributed by atoms with E-state index in [-0.39, 0.29) is 5.91 Å². The van der Waals surface area contributed by atoms with Crippen molar-refractivity contribution in [2.45, 2.75) is 45.5 Å². The van der Waals surface area contributed by atoms with Crippen LogP contribution in [-0.2, 0) is 4.79 Å². The SMILES string of the molecule is CCOc1ccccc1[C@H]1Oc2nc(SCC(C)C)nnc2-c2ccccc2N1C(=O)CC. The van der Waals surface area contributed by atoms with Crippen LogP contribution in [0.15, 0.2) is 53.7 Å². The third kappa shape index (κ3) is 4.80. The molecule has 0 spiro atoms. The van der Waals surface area contributed by atoms with Crippen LogP contribution >= 0.6 is 11.8 Å². The summed E-state index contributed by atoms with van der Waals surface area (Å²) in [6.07, 6.45) is -0.446. The molecule has 1 atom stereocenters. The highest BCUT2D eigenvalue weighted by molar-refractivity contribution is 7.99. The van der Waals surface area contributed by atoms with Gasteiger partial charge in [0.25, 0.3) is 0 Å². The van der Waals surface area contributed by atoms with E-state index in [0.29, 0.717) is 47.1 Å². The van der Waals surface area contributed by atoms with Crippen molar-refractivity contribution in [1.82, 2.24) is 15.2 Å². The van der Waals surface area contributed by atoms with Crippen LogP contribution in [0.5, 0.6) is 11.6 Å². The Labute approximate surface area is 198 Å². The molecule has 8 heteroatoms. The highest BCUT2D eigenvalue weighted by Gasteiger charge is 2.36. The topological polar surface area (TPSA) is 77.4 Å². The van der Waals surface area contributed by atoms with E-state index >= 15 is 0 Å². The maximum Gasteiger partial charge on any atom is 0.247 e. The van der Waals surface area contributed by atoms with Crippen molar-refractivity contribution in [3.8, 4) is 22.9 Å². The Morgan fingerprint density at radius 3 is 2.64 bits per heavy atom. The lowest BCUT2D eigenvalue weighted by Gasteiger charge is -2.31. The average molecular weight is 465 g/mol. The van der Waals surface area contributed by atoms with Gasteiger partial charge < -0.3 is 9.47 Å². The maximum atomic E-state index is 13.3. The molecule has 2 aromatic carbocycles. The molecule has 172 valence electrons. The zero-order valence-corrected chi connectivity index (χ0v) is 20.1. The third-order valence-electron chi connectivity index (χ3n) is 5.11. The van der Waals surface area contributed by atoms with Crippen LogP contribution in [0.3, 0.4) is 0 Å². The van der Waals surface area contributed by atoms with Gasteiger partial charge in [-0.05, 0) is 31.0 Å². The van der Waals surface area contributed by atoms with Gasteiger partial charge in [-0.25, -0.2) is 0 Å². The summed E-state index contributed by atoms with van der Waals surface area (Å²) in [5.41, 5.74) is 2.73. The number of carbonyl (C=O) groups is 1. The van der Waals surface area contributed by atoms with Gasteiger partial charge in [0.1, 0.15) is 5.75 Å². The summed E-state index contributed by atoms with van der Waals surface area (Å²) in [4.78, 5) is 19.7. The second-order valence-corrected chi connectivity index (χ2v) is 9.02. The molecule has 4 rings (SSSR count). The number of para-hydroxylation sites is 2. The molecule has 7 nitrogen and oxygen atoms in total. The number of amides is 1. The quantitative estimate of drug-likeness (QED) is 0.426. The van der Waals surface area contributed by atoms with Crippen LogP contribution in [0.25, 0.3) is 11.3 Å². The van der Waals surface area contributed by atoms with Crippen LogP contribution in [0.4, 0.5) is 5.69 Å². The van der Waals surface area contributed by atoms with Crippen molar-refractivity contribution in [1.29, 1.82) is 0 Å². The monoisotopic (exact) mass is 464 g/mol. The summed E-state index contributed by atoms with van der Waals surface area (Å²) in [6.45, 7) is 8.56. The minimum Gasteiger partial charge on any atom is -0.493 e. The lowest BCUT2D eigenvalue weighted by molar-refractivity contribution is -0.120. The number of hydrogen-bond donors (Lipinski definition) is 0. The van der Waals surface area contributed by atoms with Gasteiger partial charge >= 0.3 is 0 Å². The Morgan fingerprint density at radius 1 is 1.12 bits per heavy atom. The highest BCUT2D eigenvalue weighted by Crippen LogP contribution is 2.45. The Bertz CT molecular complexity index is 1140. The summed E-state index contributed by atoms with van der Waals surface area (Å²) in [7, 11) is 0. The first-order valence-corrected chi connectivity index (χ1v) is 12.2. The molecule has 1 aliphatic heterocycles. The number of carbonyl (C=O) groups excluding carboxylic acids is 1. The van der Waals surface area contributed by atoms with Crippen LogP contribution < -0.4 is 14.4 Å². The zero-order chi connectivity index (χ0) is 23.4. The number of fused-ring (bicyclic) bond motifs is 3. The van der Waals surface area contributed by atoms with Gasteiger partial charge in [0.05, 0.1) is 17.9 Å². The fraction of sp³-hybridized carbons (Fsp3) is 0.360. The van der Waals surface area contributed by atoms with Gasteiger partial charge in [-0.2, -0.15) is 4.98 Å². The fourth-order valence-electron chi connectivity index (χ4n) is 3.63. The van der Waals surface area contributed by atoms with Gasteiger partial charge in [-0.3, -0.25) is 9.69 Å². The molecule has 0 saturated heterocycles. The number of nitrogens with zero attached hydrogens (tertiary/aromatic N) is 4. The second-order valence-electron chi connectivity index (χ2n) is 8.03. The molecule has 1 aromatic heterocycles. The fourth-order valence-corrected chi connectivity index (χ4v) is 4.36. The van der Waals surface area contributed by atoms with Crippen molar-refractivity contribution >= 4 is 23.4 Å². The summed E-state index contributed by atoms with van der Waals surface area (Å²) >= 11 is 1.54. The molecule has 0 N–H and O–H groups in total. The lowest BCUT2D eigenvalue weighted by Crippen LogP contribution is -2.37. The van der Waals surface area contributed by atoms with E-state index in [0.717, 1.165) is 16.9 Å². The second kappa shape index (κ2) is 10.2. The Morgan fingerprint density at radius 2 is 1.88 bits per heavy atom. The molecule has 0 unspecified atom stereocenters. The number of aromatic nitrogens is 3. The summed E-state index contributed by atoms with van der Waals surface area (Å²) in [5, 5.41) is 9.36. The van der Waals surface area contributed by atoms with Crippen molar-refractivity contribution in [2.24, 2.45) is 5.92 Å². The smallest absolute Gasteiger partial charge is 0.247 e. The lowest BCUT2D eigenvalue weighted by atomic mass is 10.1. The van der Waals surface area contributed by atoms with E-state index in [1.165, 1.54) is 11.8 Å².